The number of rotatable bonds is 6. The average molecular weight is 258 g/mol. The SMILES string of the molecule is CCCn1nccc1CNc1ccccc1N(C)C. The molecule has 0 aliphatic rings. The van der Waals surface area contributed by atoms with Crippen molar-refractivity contribution < 1.29 is 0 Å². The Morgan fingerprint density at radius 3 is 2.74 bits per heavy atom. The van der Waals surface area contributed by atoms with Crippen molar-refractivity contribution in [2.24, 2.45) is 0 Å². The molecule has 1 N–H and O–H groups in total. The molecule has 0 unspecified atom stereocenters. The van der Waals surface area contributed by atoms with Crippen molar-refractivity contribution in [3.8, 4) is 0 Å². The predicted molar refractivity (Wildman–Crippen MR) is 80.6 cm³/mol. The molecule has 2 rings (SSSR count). The number of nitrogens with one attached hydrogen (secondary N) is 1. The Kier molecular flexibility index (Phi) is 4.44. The Morgan fingerprint density at radius 1 is 1.21 bits per heavy atom. The fourth-order valence-electron chi connectivity index (χ4n) is 2.12. The van der Waals surface area contributed by atoms with E-state index >= 15 is 0 Å². The van der Waals surface area contributed by atoms with Crippen molar-refractivity contribution in [2.75, 3.05) is 24.3 Å². The van der Waals surface area contributed by atoms with Gasteiger partial charge in [0.15, 0.2) is 0 Å². The highest BCUT2D eigenvalue weighted by molar-refractivity contribution is 5.69. The van der Waals surface area contributed by atoms with Crippen molar-refractivity contribution >= 4 is 11.4 Å². The highest BCUT2D eigenvalue weighted by Gasteiger charge is 2.05. The maximum Gasteiger partial charge on any atom is 0.0596 e. The first-order valence-corrected chi connectivity index (χ1v) is 6.73. The molecule has 0 atom stereocenters. The van der Waals surface area contributed by atoms with Crippen molar-refractivity contribution in [1.82, 2.24) is 9.78 Å². The minimum Gasteiger partial charge on any atom is -0.378 e. The van der Waals surface area contributed by atoms with Crippen LogP contribution < -0.4 is 10.2 Å². The van der Waals surface area contributed by atoms with Crippen LogP contribution in [0.25, 0.3) is 0 Å². The van der Waals surface area contributed by atoms with Gasteiger partial charge in [0.25, 0.3) is 0 Å². The molecule has 4 heteroatoms. The Balaban J connectivity index is 2.08. The third-order valence-electron chi connectivity index (χ3n) is 3.09. The first-order valence-electron chi connectivity index (χ1n) is 6.73. The van der Waals surface area contributed by atoms with Gasteiger partial charge in [-0.05, 0) is 24.6 Å². The summed E-state index contributed by atoms with van der Waals surface area (Å²) in [4.78, 5) is 2.12. The molecule has 0 fully saturated rings. The zero-order chi connectivity index (χ0) is 13.7. The Hall–Kier alpha value is -1.97. The van der Waals surface area contributed by atoms with Gasteiger partial charge < -0.3 is 10.2 Å². The second kappa shape index (κ2) is 6.27. The molecule has 0 spiro atoms. The van der Waals surface area contributed by atoms with Crippen molar-refractivity contribution in [1.29, 1.82) is 0 Å². The Labute approximate surface area is 115 Å². The van der Waals surface area contributed by atoms with Gasteiger partial charge in [0.05, 0.1) is 23.6 Å². The van der Waals surface area contributed by atoms with Crippen LogP contribution in [0.15, 0.2) is 36.5 Å². The molecule has 0 aliphatic heterocycles. The van der Waals surface area contributed by atoms with E-state index in [1.54, 1.807) is 0 Å². The standard InChI is InChI=1S/C15H22N4/c1-4-11-19-13(9-10-17-19)12-16-14-7-5-6-8-15(14)18(2)3/h5-10,16H,4,11-12H2,1-3H3. The van der Waals surface area contributed by atoms with Crippen LogP contribution in [0.5, 0.6) is 0 Å². The molecule has 1 heterocycles. The van der Waals surface area contributed by atoms with Crippen LogP contribution in [-0.2, 0) is 13.1 Å². The zero-order valence-corrected chi connectivity index (χ0v) is 11.9. The van der Waals surface area contributed by atoms with Crippen LogP contribution in [-0.4, -0.2) is 23.9 Å². The molecule has 19 heavy (non-hydrogen) atoms. The first-order chi connectivity index (χ1) is 9.22. The maximum atomic E-state index is 4.34. The molecule has 0 bridgehead atoms. The summed E-state index contributed by atoms with van der Waals surface area (Å²) in [5.41, 5.74) is 3.57. The van der Waals surface area contributed by atoms with Crippen molar-refractivity contribution in [3.05, 3.63) is 42.2 Å². The highest BCUT2D eigenvalue weighted by atomic mass is 15.3. The molecule has 1 aromatic heterocycles. The van der Waals surface area contributed by atoms with E-state index in [9.17, 15) is 0 Å². The molecule has 102 valence electrons. The van der Waals surface area contributed by atoms with Crippen molar-refractivity contribution in [2.45, 2.75) is 26.4 Å². The maximum absolute atomic E-state index is 4.34. The summed E-state index contributed by atoms with van der Waals surface area (Å²) < 4.78 is 2.06. The minimum atomic E-state index is 0.796. The molecule has 0 saturated heterocycles. The highest BCUT2D eigenvalue weighted by Crippen LogP contribution is 2.23. The molecule has 0 radical (unpaired) electrons. The third-order valence-corrected chi connectivity index (χ3v) is 3.09. The van der Waals surface area contributed by atoms with Gasteiger partial charge in [-0.1, -0.05) is 19.1 Å². The number of para-hydroxylation sites is 2. The lowest BCUT2D eigenvalue weighted by atomic mass is 10.2. The van der Waals surface area contributed by atoms with Gasteiger partial charge in [-0.2, -0.15) is 5.10 Å². The minimum absolute atomic E-state index is 0.796. The number of aryl methyl sites for hydroxylation is 1. The fraction of sp³-hybridized carbons (Fsp3) is 0.400. The normalized spacial score (nSPS) is 10.5. The third kappa shape index (κ3) is 3.28. The van der Waals surface area contributed by atoms with Gasteiger partial charge in [-0.3, -0.25) is 4.68 Å². The molecule has 4 nitrogen and oxygen atoms in total. The Morgan fingerprint density at radius 2 is 2.00 bits per heavy atom. The lowest BCUT2D eigenvalue weighted by Gasteiger charge is -2.18. The summed E-state index contributed by atoms with van der Waals surface area (Å²) in [6, 6.07) is 10.4. The van der Waals surface area contributed by atoms with E-state index < -0.39 is 0 Å². The van der Waals surface area contributed by atoms with Gasteiger partial charge in [0.2, 0.25) is 0 Å². The van der Waals surface area contributed by atoms with Crippen LogP contribution in [0.4, 0.5) is 11.4 Å². The summed E-state index contributed by atoms with van der Waals surface area (Å²) in [5, 5.41) is 7.84. The van der Waals surface area contributed by atoms with Gasteiger partial charge >= 0.3 is 0 Å². The van der Waals surface area contributed by atoms with E-state index in [1.165, 1.54) is 11.4 Å². The molecule has 2 aromatic rings. The summed E-state index contributed by atoms with van der Waals surface area (Å²) in [5.74, 6) is 0. The van der Waals surface area contributed by atoms with E-state index in [4.69, 9.17) is 0 Å². The predicted octanol–water partition coefficient (Wildman–Crippen LogP) is 2.97. The fourth-order valence-corrected chi connectivity index (χ4v) is 2.12. The Bertz CT molecular complexity index is 516. The quantitative estimate of drug-likeness (QED) is 0.864. The lowest BCUT2D eigenvalue weighted by molar-refractivity contribution is 0.578. The number of benzene rings is 1. The van der Waals surface area contributed by atoms with E-state index in [-0.39, 0.29) is 0 Å². The van der Waals surface area contributed by atoms with E-state index in [0.29, 0.717) is 0 Å². The monoisotopic (exact) mass is 258 g/mol. The van der Waals surface area contributed by atoms with Gasteiger partial charge in [-0.15, -0.1) is 0 Å². The van der Waals surface area contributed by atoms with E-state index in [0.717, 1.165) is 25.2 Å². The van der Waals surface area contributed by atoms with Crippen LogP contribution in [0.2, 0.25) is 0 Å². The number of hydrogen-bond acceptors (Lipinski definition) is 3. The second-order valence-corrected chi connectivity index (χ2v) is 4.81. The van der Waals surface area contributed by atoms with E-state index in [2.05, 4.69) is 71.3 Å². The number of nitrogens with zero attached hydrogens (tertiary/aromatic N) is 3. The van der Waals surface area contributed by atoms with Crippen molar-refractivity contribution in [3.63, 3.8) is 0 Å². The molecular weight excluding hydrogens is 236 g/mol. The van der Waals surface area contributed by atoms with Gasteiger partial charge in [0.1, 0.15) is 0 Å². The second-order valence-electron chi connectivity index (χ2n) is 4.81. The topological polar surface area (TPSA) is 33.1 Å². The van der Waals surface area contributed by atoms with Crippen LogP contribution in [0.1, 0.15) is 19.0 Å². The van der Waals surface area contributed by atoms with Gasteiger partial charge in [-0.25, -0.2) is 0 Å². The van der Waals surface area contributed by atoms with Crippen LogP contribution in [0.3, 0.4) is 0 Å². The summed E-state index contributed by atoms with van der Waals surface area (Å²) >= 11 is 0. The molecule has 1 aromatic carbocycles. The van der Waals surface area contributed by atoms with Crippen LogP contribution in [0, 0.1) is 0 Å². The molecule has 0 saturated carbocycles. The summed E-state index contributed by atoms with van der Waals surface area (Å²) in [7, 11) is 4.11. The molecule has 0 aliphatic carbocycles. The number of anilines is 2. The van der Waals surface area contributed by atoms with Gasteiger partial charge in [0, 0.05) is 26.8 Å². The largest absolute Gasteiger partial charge is 0.378 e. The summed E-state index contributed by atoms with van der Waals surface area (Å²) in [6.07, 6.45) is 2.97. The zero-order valence-electron chi connectivity index (χ0n) is 11.9. The number of hydrogen-bond donors (Lipinski definition) is 1. The molecule has 0 amide bonds. The van der Waals surface area contributed by atoms with E-state index in [1.807, 2.05) is 6.20 Å². The summed E-state index contributed by atoms with van der Waals surface area (Å²) in [6.45, 7) is 3.93. The smallest absolute Gasteiger partial charge is 0.0596 e. The lowest BCUT2D eigenvalue weighted by Crippen LogP contribution is -2.13. The average Bonchev–Trinajstić information content (AvgIpc) is 2.84. The molecular formula is C15H22N4. The number of aromatic nitrogens is 2. The first kappa shape index (κ1) is 13.5. The van der Waals surface area contributed by atoms with Crippen LogP contribution >= 0.6 is 0 Å².